The fourth-order valence-corrected chi connectivity index (χ4v) is 4.27. The van der Waals surface area contributed by atoms with E-state index in [9.17, 15) is 0 Å². The van der Waals surface area contributed by atoms with Crippen LogP contribution in [-0.4, -0.2) is 54.3 Å². The maximum Gasteiger partial charge on any atom is 0.0753 e. The second kappa shape index (κ2) is 5.91. The van der Waals surface area contributed by atoms with Crippen LogP contribution in [0.15, 0.2) is 0 Å². The molecule has 0 aromatic rings. The van der Waals surface area contributed by atoms with E-state index in [1.165, 1.54) is 24.3 Å². The summed E-state index contributed by atoms with van der Waals surface area (Å²) in [6.45, 7) is 8.08. The molecule has 0 aromatic carbocycles. The van der Waals surface area contributed by atoms with Gasteiger partial charge in [-0.3, -0.25) is 4.90 Å². The zero-order chi connectivity index (χ0) is 12.3. The van der Waals surface area contributed by atoms with Gasteiger partial charge in [0, 0.05) is 25.7 Å². The fourth-order valence-electron chi connectivity index (χ4n) is 3.04. The Kier molecular flexibility index (Phi) is 4.75. The maximum absolute atomic E-state index is 6.03. The Balaban J connectivity index is 1.96. The Labute approximate surface area is 109 Å². The van der Waals surface area contributed by atoms with Crippen LogP contribution in [0.1, 0.15) is 26.7 Å². The molecular formula is C13H26N2OS. The van der Waals surface area contributed by atoms with Crippen molar-refractivity contribution in [1.29, 1.82) is 0 Å². The smallest absolute Gasteiger partial charge is 0.0753 e. The van der Waals surface area contributed by atoms with E-state index < -0.39 is 0 Å². The second-order valence-electron chi connectivity index (χ2n) is 5.86. The first kappa shape index (κ1) is 13.7. The topological polar surface area (TPSA) is 38.5 Å². The summed E-state index contributed by atoms with van der Waals surface area (Å²) in [6, 6.07) is 0.561. The van der Waals surface area contributed by atoms with Crippen molar-refractivity contribution in [3.63, 3.8) is 0 Å². The summed E-state index contributed by atoms with van der Waals surface area (Å²) >= 11 is 2.10. The molecule has 0 radical (unpaired) electrons. The summed E-state index contributed by atoms with van der Waals surface area (Å²) in [4.78, 5) is 2.57. The van der Waals surface area contributed by atoms with Crippen LogP contribution in [0.3, 0.4) is 0 Å². The van der Waals surface area contributed by atoms with E-state index in [1.807, 2.05) is 0 Å². The van der Waals surface area contributed by atoms with Crippen molar-refractivity contribution in [2.75, 3.05) is 37.7 Å². The lowest BCUT2D eigenvalue weighted by molar-refractivity contribution is -0.101. The van der Waals surface area contributed by atoms with E-state index in [0.717, 1.165) is 32.2 Å². The summed E-state index contributed by atoms with van der Waals surface area (Å²) < 4.78 is 5.79. The first-order valence-electron chi connectivity index (χ1n) is 6.78. The minimum atomic E-state index is -0.00647. The normalized spacial score (nSPS) is 32.3. The van der Waals surface area contributed by atoms with Crippen molar-refractivity contribution < 1.29 is 4.74 Å². The summed E-state index contributed by atoms with van der Waals surface area (Å²) in [5.74, 6) is 3.41. The Morgan fingerprint density at radius 2 is 2.35 bits per heavy atom. The van der Waals surface area contributed by atoms with E-state index >= 15 is 0 Å². The van der Waals surface area contributed by atoms with E-state index in [-0.39, 0.29) is 5.60 Å². The highest BCUT2D eigenvalue weighted by atomic mass is 32.2. The third-order valence-corrected chi connectivity index (χ3v) is 5.15. The number of thioether (sulfide) groups is 1. The molecule has 2 aliphatic heterocycles. The molecule has 2 rings (SSSR count). The summed E-state index contributed by atoms with van der Waals surface area (Å²) in [6.07, 6.45) is 2.71. The van der Waals surface area contributed by atoms with Crippen molar-refractivity contribution >= 4 is 11.8 Å². The molecule has 2 N–H and O–H groups in total. The van der Waals surface area contributed by atoms with Gasteiger partial charge in [0.1, 0.15) is 0 Å². The Bertz CT molecular complexity index is 242. The lowest BCUT2D eigenvalue weighted by atomic mass is 9.93. The van der Waals surface area contributed by atoms with Crippen molar-refractivity contribution in [3.8, 4) is 0 Å². The summed E-state index contributed by atoms with van der Waals surface area (Å²) in [5, 5.41) is 0. The molecule has 2 atom stereocenters. The lowest BCUT2D eigenvalue weighted by Crippen LogP contribution is -2.56. The number of hydrogen-bond donors (Lipinski definition) is 1. The van der Waals surface area contributed by atoms with Crippen LogP contribution >= 0.6 is 11.8 Å². The van der Waals surface area contributed by atoms with Gasteiger partial charge in [-0.2, -0.15) is 11.8 Å². The molecule has 2 aliphatic rings. The van der Waals surface area contributed by atoms with Gasteiger partial charge in [0.05, 0.1) is 12.2 Å². The number of rotatable bonds is 3. The third kappa shape index (κ3) is 3.60. The van der Waals surface area contributed by atoms with Crippen LogP contribution in [0.5, 0.6) is 0 Å². The molecule has 0 aliphatic carbocycles. The van der Waals surface area contributed by atoms with Gasteiger partial charge in [0.25, 0.3) is 0 Å². The third-order valence-electron chi connectivity index (χ3n) is 3.91. The van der Waals surface area contributed by atoms with Crippen molar-refractivity contribution in [3.05, 3.63) is 0 Å². The van der Waals surface area contributed by atoms with Gasteiger partial charge in [0.2, 0.25) is 0 Å². The molecule has 3 nitrogen and oxygen atoms in total. The maximum atomic E-state index is 6.03. The molecule has 17 heavy (non-hydrogen) atoms. The van der Waals surface area contributed by atoms with Gasteiger partial charge in [-0.25, -0.2) is 0 Å². The SMILES string of the molecule is CC1(C)CN(C(CN)C2CCCSC2)CCO1. The molecular weight excluding hydrogens is 232 g/mol. The number of morpholine rings is 1. The highest BCUT2D eigenvalue weighted by Crippen LogP contribution is 2.29. The Morgan fingerprint density at radius 1 is 1.53 bits per heavy atom. The van der Waals surface area contributed by atoms with Crippen molar-refractivity contribution in [1.82, 2.24) is 4.90 Å². The molecule has 0 aromatic heterocycles. The quantitative estimate of drug-likeness (QED) is 0.834. The molecule has 2 saturated heterocycles. The van der Waals surface area contributed by atoms with Crippen LogP contribution in [-0.2, 0) is 4.74 Å². The summed E-state index contributed by atoms with van der Waals surface area (Å²) in [5.41, 5.74) is 6.02. The average molecular weight is 258 g/mol. The number of nitrogens with zero attached hydrogens (tertiary/aromatic N) is 1. The van der Waals surface area contributed by atoms with Crippen LogP contribution < -0.4 is 5.73 Å². The monoisotopic (exact) mass is 258 g/mol. The van der Waals surface area contributed by atoms with Crippen LogP contribution in [0.4, 0.5) is 0 Å². The first-order chi connectivity index (χ1) is 8.12. The first-order valence-corrected chi connectivity index (χ1v) is 7.94. The molecule has 2 heterocycles. The second-order valence-corrected chi connectivity index (χ2v) is 7.01. The van der Waals surface area contributed by atoms with Crippen LogP contribution in [0.2, 0.25) is 0 Å². The minimum absolute atomic E-state index is 0.00647. The fraction of sp³-hybridized carbons (Fsp3) is 1.00. The zero-order valence-electron chi connectivity index (χ0n) is 11.2. The van der Waals surface area contributed by atoms with Crippen LogP contribution in [0, 0.1) is 5.92 Å². The van der Waals surface area contributed by atoms with E-state index in [2.05, 4.69) is 30.5 Å². The number of hydrogen-bond acceptors (Lipinski definition) is 4. The van der Waals surface area contributed by atoms with E-state index in [4.69, 9.17) is 10.5 Å². The molecule has 2 unspecified atom stereocenters. The molecule has 2 fully saturated rings. The molecule has 0 bridgehead atoms. The molecule has 0 spiro atoms. The van der Waals surface area contributed by atoms with Gasteiger partial charge in [0.15, 0.2) is 0 Å². The van der Waals surface area contributed by atoms with E-state index in [0.29, 0.717) is 6.04 Å². The lowest BCUT2D eigenvalue weighted by Gasteiger charge is -2.45. The van der Waals surface area contributed by atoms with Crippen LogP contribution in [0.25, 0.3) is 0 Å². The summed E-state index contributed by atoms with van der Waals surface area (Å²) in [7, 11) is 0. The van der Waals surface area contributed by atoms with Crippen molar-refractivity contribution in [2.45, 2.75) is 38.3 Å². The Hall–Kier alpha value is 0.230. The number of nitrogens with two attached hydrogens (primary N) is 1. The average Bonchev–Trinajstić information content (AvgIpc) is 2.30. The van der Waals surface area contributed by atoms with Gasteiger partial charge in [-0.05, 0) is 44.1 Å². The standard InChI is InChI=1S/C13H26N2OS/c1-13(2)10-15(5-6-16-13)12(8-14)11-4-3-7-17-9-11/h11-12H,3-10,14H2,1-2H3. The van der Waals surface area contributed by atoms with Gasteiger partial charge in [-0.15, -0.1) is 0 Å². The van der Waals surface area contributed by atoms with Crippen molar-refractivity contribution in [2.24, 2.45) is 11.7 Å². The molecule has 0 amide bonds. The van der Waals surface area contributed by atoms with Gasteiger partial charge < -0.3 is 10.5 Å². The largest absolute Gasteiger partial charge is 0.373 e. The van der Waals surface area contributed by atoms with Gasteiger partial charge >= 0.3 is 0 Å². The Morgan fingerprint density at radius 3 is 2.94 bits per heavy atom. The van der Waals surface area contributed by atoms with Gasteiger partial charge in [-0.1, -0.05) is 0 Å². The number of ether oxygens (including phenoxy) is 1. The predicted molar refractivity (Wildman–Crippen MR) is 74.5 cm³/mol. The highest BCUT2D eigenvalue weighted by molar-refractivity contribution is 7.99. The van der Waals surface area contributed by atoms with E-state index in [1.54, 1.807) is 0 Å². The molecule has 4 heteroatoms. The highest BCUT2D eigenvalue weighted by Gasteiger charge is 2.34. The zero-order valence-corrected chi connectivity index (χ0v) is 12.0. The molecule has 100 valence electrons. The molecule has 0 saturated carbocycles. The predicted octanol–water partition coefficient (Wildman–Crippen LogP) is 1.57. The minimum Gasteiger partial charge on any atom is -0.373 e.